The summed E-state index contributed by atoms with van der Waals surface area (Å²) in [5.41, 5.74) is -0.486. The molecule has 0 spiro atoms. The number of alkyl halides is 2. The highest BCUT2D eigenvalue weighted by atomic mass is 19.3. The first-order valence-corrected chi connectivity index (χ1v) is 3.91. The maximum absolute atomic E-state index is 13.1. The van der Waals surface area contributed by atoms with E-state index >= 15 is 0 Å². The normalized spacial score (nSPS) is 24.5. The first-order chi connectivity index (χ1) is 6.02. The van der Waals surface area contributed by atoms with Crippen molar-refractivity contribution in [2.75, 3.05) is 0 Å². The largest absolute Gasteiger partial charge is 0.290 e. The lowest BCUT2D eigenvalue weighted by Gasteiger charge is -2.07. The third kappa shape index (κ3) is 1.10. The molecule has 1 aromatic heterocycles. The van der Waals surface area contributed by atoms with Gasteiger partial charge in [0.15, 0.2) is 0 Å². The molecule has 13 heavy (non-hydrogen) atoms. The van der Waals surface area contributed by atoms with E-state index in [1.54, 1.807) is 6.92 Å². The second-order valence-corrected chi connectivity index (χ2v) is 3.24. The van der Waals surface area contributed by atoms with Gasteiger partial charge in [-0.3, -0.25) is 0 Å². The van der Waals surface area contributed by atoms with E-state index in [0.717, 1.165) is 6.33 Å². The zero-order valence-corrected chi connectivity index (χ0v) is 6.89. The number of halogens is 3. The Kier molecular flexibility index (Phi) is 1.58. The molecule has 0 amide bonds. The lowest BCUT2D eigenvalue weighted by atomic mass is 10.1. The SMILES string of the molecule is CC1CC(F)(F)c2ncnc(F)c21. The number of rotatable bonds is 0. The van der Waals surface area contributed by atoms with Crippen molar-refractivity contribution in [3.63, 3.8) is 0 Å². The summed E-state index contributed by atoms with van der Waals surface area (Å²) in [5, 5.41) is 0. The molecule has 1 aliphatic carbocycles. The molecule has 70 valence electrons. The van der Waals surface area contributed by atoms with Gasteiger partial charge in [-0.2, -0.15) is 13.2 Å². The molecule has 1 aromatic rings. The van der Waals surface area contributed by atoms with E-state index in [0.29, 0.717) is 0 Å². The minimum absolute atomic E-state index is 0.0347. The lowest BCUT2D eigenvalue weighted by molar-refractivity contribution is -0.00980. The molecular weight excluding hydrogens is 181 g/mol. The molecule has 0 fully saturated rings. The number of hydrogen-bond donors (Lipinski definition) is 0. The Morgan fingerprint density at radius 2 is 2.15 bits per heavy atom. The monoisotopic (exact) mass is 188 g/mol. The third-order valence-corrected chi connectivity index (χ3v) is 2.24. The van der Waals surface area contributed by atoms with Crippen LogP contribution in [0.25, 0.3) is 0 Å². The van der Waals surface area contributed by atoms with Crippen molar-refractivity contribution < 1.29 is 13.2 Å². The molecular formula is C8H7F3N2. The van der Waals surface area contributed by atoms with Crippen molar-refractivity contribution in [1.29, 1.82) is 0 Å². The van der Waals surface area contributed by atoms with Crippen molar-refractivity contribution in [3.05, 3.63) is 23.5 Å². The molecule has 0 N–H and O–H groups in total. The summed E-state index contributed by atoms with van der Waals surface area (Å²) in [4.78, 5) is 6.68. The van der Waals surface area contributed by atoms with Gasteiger partial charge in [0.25, 0.3) is 5.92 Å². The Labute approximate surface area is 72.8 Å². The first-order valence-electron chi connectivity index (χ1n) is 3.91. The van der Waals surface area contributed by atoms with Gasteiger partial charge in [0.2, 0.25) is 5.95 Å². The molecule has 1 aliphatic rings. The van der Waals surface area contributed by atoms with Crippen LogP contribution in [-0.2, 0) is 5.92 Å². The molecule has 5 heteroatoms. The minimum atomic E-state index is -3.00. The van der Waals surface area contributed by atoms with Crippen LogP contribution >= 0.6 is 0 Å². The van der Waals surface area contributed by atoms with E-state index in [1.807, 2.05) is 0 Å². The van der Waals surface area contributed by atoms with E-state index in [9.17, 15) is 13.2 Å². The van der Waals surface area contributed by atoms with E-state index in [1.165, 1.54) is 0 Å². The van der Waals surface area contributed by atoms with Crippen molar-refractivity contribution in [3.8, 4) is 0 Å². The predicted octanol–water partition coefficient (Wildman–Crippen LogP) is 2.21. The van der Waals surface area contributed by atoms with Gasteiger partial charge in [0.1, 0.15) is 12.0 Å². The molecule has 1 unspecified atom stereocenters. The van der Waals surface area contributed by atoms with Crippen LogP contribution in [0.15, 0.2) is 6.33 Å². The van der Waals surface area contributed by atoms with Crippen LogP contribution in [0.3, 0.4) is 0 Å². The van der Waals surface area contributed by atoms with Gasteiger partial charge in [-0.1, -0.05) is 6.92 Å². The molecule has 1 atom stereocenters. The molecule has 0 aromatic carbocycles. The van der Waals surface area contributed by atoms with Gasteiger partial charge in [0, 0.05) is 12.0 Å². The fraction of sp³-hybridized carbons (Fsp3) is 0.500. The summed E-state index contributed by atoms with van der Waals surface area (Å²) in [6, 6.07) is 0. The second-order valence-electron chi connectivity index (χ2n) is 3.24. The van der Waals surface area contributed by atoms with E-state index in [2.05, 4.69) is 9.97 Å². The third-order valence-electron chi connectivity index (χ3n) is 2.24. The number of fused-ring (bicyclic) bond motifs is 1. The molecule has 2 rings (SSSR count). The molecule has 0 aliphatic heterocycles. The van der Waals surface area contributed by atoms with Crippen LogP contribution in [0.1, 0.15) is 30.5 Å². The first kappa shape index (κ1) is 8.47. The highest BCUT2D eigenvalue weighted by Gasteiger charge is 2.46. The number of aromatic nitrogens is 2. The molecule has 0 saturated heterocycles. The summed E-state index contributed by atoms with van der Waals surface area (Å²) in [5.74, 6) is -4.33. The summed E-state index contributed by atoms with van der Waals surface area (Å²) in [6.45, 7) is 1.55. The van der Waals surface area contributed by atoms with Crippen LogP contribution in [-0.4, -0.2) is 9.97 Å². The van der Waals surface area contributed by atoms with Crippen LogP contribution in [0.4, 0.5) is 13.2 Å². The van der Waals surface area contributed by atoms with Crippen molar-refractivity contribution in [2.45, 2.75) is 25.2 Å². The summed E-state index contributed by atoms with van der Waals surface area (Å²) in [7, 11) is 0. The van der Waals surface area contributed by atoms with Gasteiger partial charge in [-0.15, -0.1) is 0 Å². The van der Waals surface area contributed by atoms with Gasteiger partial charge in [0.05, 0.1) is 0 Å². The fourth-order valence-electron chi connectivity index (χ4n) is 1.69. The predicted molar refractivity (Wildman–Crippen MR) is 38.9 cm³/mol. The zero-order valence-electron chi connectivity index (χ0n) is 6.89. The Bertz CT molecular complexity index is 351. The van der Waals surface area contributed by atoms with Gasteiger partial charge >= 0.3 is 0 Å². The van der Waals surface area contributed by atoms with Crippen LogP contribution in [0.5, 0.6) is 0 Å². The minimum Gasteiger partial charge on any atom is -0.235 e. The van der Waals surface area contributed by atoms with E-state index in [-0.39, 0.29) is 12.0 Å². The average Bonchev–Trinajstić information content (AvgIpc) is 2.24. The molecule has 0 saturated carbocycles. The summed E-state index contributed by atoms with van der Waals surface area (Å²) >= 11 is 0. The highest BCUT2D eigenvalue weighted by Crippen LogP contribution is 2.47. The maximum atomic E-state index is 13.1. The van der Waals surface area contributed by atoms with Crippen molar-refractivity contribution in [2.24, 2.45) is 0 Å². The molecule has 0 radical (unpaired) electrons. The Morgan fingerprint density at radius 1 is 1.46 bits per heavy atom. The van der Waals surface area contributed by atoms with Crippen LogP contribution in [0, 0.1) is 5.95 Å². The molecule has 2 nitrogen and oxygen atoms in total. The fourth-order valence-corrected chi connectivity index (χ4v) is 1.69. The Morgan fingerprint density at radius 3 is 2.77 bits per heavy atom. The van der Waals surface area contributed by atoms with Crippen molar-refractivity contribution >= 4 is 0 Å². The topological polar surface area (TPSA) is 25.8 Å². The van der Waals surface area contributed by atoms with E-state index < -0.39 is 23.5 Å². The summed E-state index contributed by atoms with van der Waals surface area (Å²) in [6.07, 6.45) is 0.456. The lowest BCUT2D eigenvalue weighted by Crippen LogP contribution is -2.10. The average molecular weight is 188 g/mol. The second kappa shape index (κ2) is 2.43. The highest BCUT2D eigenvalue weighted by molar-refractivity contribution is 5.31. The van der Waals surface area contributed by atoms with E-state index in [4.69, 9.17) is 0 Å². The van der Waals surface area contributed by atoms with Crippen molar-refractivity contribution in [1.82, 2.24) is 9.97 Å². The quantitative estimate of drug-likeness (QED) is 0.583. The van der Waals surface area contributed by atoms with Gasteiger partial charge in [-0.25, -0.2) is 9.97 Å². The Hall–Kier alpha value is -1.13. The molecule has 1 heterocycles. The maximum Gasteiger partial charge on any atom is 0.290 e. The standard InChI is InChI=1S/C8H7F3N2/c1-4-2-8(10,11)6-5(4)7(9)13-3-12-6/h3-4H,2H2,1H3. The summed E-state index contributed by atoms with van der Waals surface area (Å²) < 4.78 is 39.2. The van der Waals surface area contributed by atoms with Gasteiger partial charge in [-0.05, 0) is 5.92 Å². The molecule has 0 bridgehead atoms. The number of nitrogens with zero attached hydrogens (tertiary/aromatic N) is 2. The van der Waals surface area contributed by atoms with Crippen LogP contribution < -0.4 is 0 Å². The van der Waals surface area contributed by atoms with Gasteiger partial charge < -0.3 is 0 Å². The zero-order chi connectivity index (χ0) is 9.64. The Balaban J connectivity index is 2.65. The number of hydrogen-bond acceptors (Lipinski definition) is 2. The smallest absolute Gasteiger partial charge is 0.235 e. The van der Waals surface area contributed by atoms with Crippen LogP contribution in [0.2, 0.25) is 0 Å².